The quantitative estimate of drug-likeness (QED) is 0.902. The van der Waals surface area contributed by atoms with Gasteiger partial charge in [0.15, 0.2) is 0 Å². The van der Waals surface area contributed by atoms with Crippen LogP contribution in [0.25, 0.3) is 0 Å². The summed E-state index contributed by atoms with van der Waals surface area (Å²) in [7, 11) is 0. The molecule has 1 aliphatic rings. The van der Waals surface area contributed by atoms with Crippen LogP contribution in [0.1, 0.15) is 31.5 Å². The van der Waals surface area contributed by atoms with E-state index in [2.05, 4.69) is 20.2 Å². The van der Waals surface area contributed by atoms with E-state index >= 15 is 0 Å². The number of carbonyl (C=O) groups is 1. The second kappa shape index (κ2) is 7.41. The van der Waals surface area contributed by atoms with Crippen molar-refractivity contribution in [3.8, 4) is 0 Å². The molecule has 0 saturated carbocycles. The van der Waals surface area contributed by atoms with E-state index in [1.54, 1.807) is 17.1 Å². The van der Waals surface area contributed by atoms with Crippen LogP contribution >= 0.6 is 0 Å². The van der Waals surface area contributed by atoms with E-state index in [0.717, 1.165) is 51.3 Å². The van der Waals surface area contributed by atoms with Gasteiger partial charge in [-0.15, -0.1) is 0 Å². The lowest BCUT2D eigenvalue weighted by Crippen LogP contribution is -2.39. The van der Waals surface area contributed by atoms with Crippen LogP contribution in [0.5, 0.6) is 0 Å². The van der Waals surface area contributed by atoms with E-state index in [1.807, 2.05) is 30.2 Å². The van der Waals surface area contributed by atoms with Crippen LogP contribution in [0.2, 0.25) is 0 Å². The Morgan fingerprint density at radius 2 is 2.22 bits per heavy atom. The van der Waals surface area contributed by atoms with Crippen molar-refractivity contribution < 1.29 is 4.79 Å². The highest BCUT2D eigenvalue weighted by Gasteiger charge is 2.26. The van der Waals surface area contributed by atoms with Gasteiger partial charge in [-0.05, 0) is 25.0 Å². The highest BCUT2D eigenvalue weighted by Crippen LogP contribution is 2.16. The summed E-state index contributed by atoms with van der Waals surface area (Å²) >= 11 is 0. The maximum Gasteiger partial charge on any atom is 0.247 e. The molecular weight excluding hydrogens is 292 g/mol. The average Bonchev–Trinajstić information content (AvgIpc) is 3.20. The molecule has 0 radical (unpaired) electrons. The minimum atomic E-state index is -0.191. The highest BCUT2D eigenvalue weighted by atomic mass is 16.2. The molecule has 1 saturated heterocycles. The van der Waals surface area contributed by atoms with Gasteiger partial charge in [0.1, 0.15) is 6.04 Å². The monoisotopic (exact) mass is 316 g/mol. The number of hydrogen-bond donors (Lipinski definition) is 1. The fourth-order valence-corrected chi connectivity index (χ4v) is 3.11. The predicted octanol–water partition coefficient (Wildman–Crippen LogP) is 1.29. The predicted molar refractivity (Wildman–Crippen MR) is 86.6 cm³/mol. The number of nitrogens with zero attached hydrogens (tertiary/aromatic N) is 5. The zero-order valence-corrected chi connectivity index (χ0v) is 13.6. The van der Waals surface area contributed by atoms with Crippen molar-refractivity contribution >= 4 is 5.91 Å². The Morgan fingerprint density at radius 3 is 2.91 bits per heavy atom. The topological polar surface area (TPSA) is 70.1 Å². The van der Waals surface area contributed by atoms with Gasteiger partial charge in [-0.3, -0.25) is 19.5 Å². The molecule has 0 aliphatic carbocycles. The van der Waals surface area contributed by atoms with Crippen molar-refractivity contribution in [3.63, 3.8) is 0 Å². The Kier molecular flexibility index (Phi) is 5.07. The van der Waals surface area contributed by atoms with Crippen LogP contribution in [0, 0.1) is 0 Å². The van der Waals surface area contributed by atoms with Crippen LogP contribution in [0.4, 0.5) is 0 Å². The van der Waals surface area contributed by atoms with Gasteiger partial charge in [-0.25, -0.2) is 0 Å². The van der Waals surface area contributed by atoms with Crippen LogP contribution in [-0.4, -0.2) is 61.9 Å². The summed E-state index contributed by atoms with van der Waals surface area (Å²) in [5.41, 5.74) is 1.12. The summed E-state index contributed by atoms with van der Waals surface area (Å²) in [6.07, 6.45) is 7.13. The smallest absolute Gasteiger partial charge is 0.247 e. The number of hydrogen-bond acceptors (Lipinski definition) is 4. The molecule has 2 aromatic heterocycles. The van der Waals surface area contributed by atoms with E-state index in [4.69, 9.17) is 0 Å². The first-order chi connectivity index (χ1) is 11.3. The fraction of sp³-hybridized carbons (Fsp3) is 0.562. The average molecular weight is 316 g/mol. The fourth-order valence-electron chi connectivity index (χ4n) is 3.11. The molecule has 1 amide bonds. The number of amides is 1. The Hall–Kier alpha value is -2.15. The van der Waals surface area contributed by atoms with Crippen LogP contribution in [0.15, 0.2) is 30.7 Å². The molecule has 2 aromatic rings. The van der Waals surface area contributed by atoms with Gasteiger partial charge in [0.25, 0.3) is 0 Å². The number of aromatic nitrogens is 4. The molecule has 0 spiro atoms. The van der Waals surface area contributed by atoms with Crippen LogP contribution < -0.4 is 0 Å². The lowest BCUT2D eigenvalue weighted by molar-refractivity contribution is -0.135. The number of carbonyl (C=O) groups excluding carboxylic acids is 1. The van der Waals surface area contributed by atoms with Crippen molar-refractivity contribution in [1.82, 2.24) is 29.8 Å². The van der Waals surface area contributed by atoms with Gasteiger partial charge in [-0.1, -0.05) is 6.92 Å². The number of rotatable bonds is 5. The molecular formula is C16H24N6O. The first-order valence-corrected chi connectivity index (χ1v) is 8.26. The second-order valence-corrected chi connectivity index (χ2v) is 5.95. The molecule has 0 bridgehead atoms. The van der Waals surface area contributed by atoms with Gasteiger partial charge in [0.2, 0.25) is 5.91 Å². The number of H-pyrrole nitrogens is 1. The van der Waals surface area contributed by atoms with Crippen LogP contribution in [0.3, 0.4) is 0 Å². The van der Waals surface area contributed by atoms with Crippen molar-refractivity contribution in [2.45, 2.75) is 32.4 Å². The Balaban J connectivity index is 1.59. The summed E-state index contributed by atoms with van der Waals surface area (Å²) in [6.45, 7) is 6.37. The van der Waals surface area contributed by atoms with Gasteiger partial charge < -0.3 is 4.90 Å². The highest BCUT2D eigenvalue weighted by molar-refractivity contribution is 5.80. The van der Waals surface area contributed by atoms with Gasteiger partial charge in [0, 0.05) is 57.0 Å². The molecule has 1 unspecified atom stereocenters. The molecule has 124 valence electrons. The molecule has 1 fully saturated rings. The van der Waals surface area contributed by atoms with Crippen molar-refractivity contribution in [1.29, 1.82) is 0 Å². The summed E-state index contributed by atoms with van der Waals surface area (Å²) < 4.78 is 1.77. The van der Waals surface area contributed by atoms with E-state index in [-0.39, 0.29) is 11.9 Å². The summed E-state index contributed by atoms with van der Waals surface area (Å²) in [6, 6.07) is 3.67. The molecule has 0 aromatic carbocycles. The standard InChI is InChI=1S/C16H24N6O/c1-2-15(22-10-3-6-18-22)16(23)21-9-4-8-20(11-12-21)13-14-5-7-17-19-14/h3,5-7,10,15H,2,4,8-9,11-13H2,1H3,(H,17,19). The number of nitrogens with one attached hydrogen (secondary N) is 1. The van der Waals surface area contributed by atoms with E-state index in [1.165, 1.54) is 0 Å². The molecule has 1 N–H and O–H groups in total. The van der Waals surface area contributed by atoms with E-state index in [0.29, 0.717) is 0 Å². The molecule has 1 atom stereocenters. The molecule has 7 heteroatoms. The van der Waals surface area contributed by atoms with Crippen LogP contribution in [-0.2, 0) is 11.3 Å². The molecule has 1 aliphatic heterocycles. The minimum Gasteiger partial charge on any atom is -0.340 e. The maximum atomic E-state index is 12.8. The third kappa shape index (κ3) is 3.79. The summed E-state index contributed by atoms with van der Waals surface area (Å²) in [5, 5.41) is 11.2. The van der Waals surface area contributed by atoms with Crippen molar-refractivity contribution in [3.05, 3.63) is 36.4 Å². The third-order valence-corrected chi connectivity index (χ3v) is 4.37. The van der Waals surface area contributed by atoms with Gasteiger partial charge in [0.05, 0.1) is 0 Å². The second-order valence-electron chi connectivity index (χ2n) is 5.95. The Labute approximate surface area is 136 Å². The Bertz CT molecular complexity index is 594. The third-order valence-electron chi connectivity index (χ3n) is 4.37. The Morgan fingerprint density at radius 1 is 1.30 bits per heavy atom. The van der Waals surface area contributed by atoms with Crippen molar-refractivity contribution in [2.24, 2.45) is 0 Å². The van der Waals surface area contributed by atoms with Crippen molar-refractivity contribution in [2.75, 3.05) is 26.2 Å². The first-order valence-electron chi connectivity index (χ1n) is 8.26. The maximum absolute atomic E-state index is 12.8. The molecule has 23 heavy (non-hydrogen) atoms. The van der Waals surface area contributed by atoms with E-state index < -0.39 is 0 Å². The SMILES string of the molecule is CCC(C(=O)N1CCCN(Cc2ccn[nH]2)CC1)n1cccn1. The largest absolute Gasteiger partial charge is 0.340 e. The first kappa shape index (κ1) is 15.7. The molecule has 7 nitrogen and oxygen atoms in total. The lowest BCUT2D eigenvalue weighted by atomic mass is 10.2. The summed E-state index contributed by atoms with van der Waals surface area (Å²) in [4.78, 5) is 17.2. The van der Waals surface area contributed by atoms with Gasteiger partial charge in [-0.2, -0.15) is 10.2 Å². The van der Waals surface area contributed by atoms with E-state index in [9.17, 15) is 4.79 Å². The molecule has 3 rings (SSSR count). The zero-order chi connectivity index (χ0) is 16.1. The minimum absolute atomic E-state index is 0.180. The lowest BCUT2D eigenvalue weighted by Gasteiger charge is -2.26. The molecule has 3 heterocycles. The summed E-state index contributed by atoms with van der Waals surface area (Å²) in [5.74, 6) is 0.180. The normalized spacial score (nSPS) is 17.9. The number of aromatic amines is 1. The zero-order valence-electron chi connectivity index (χ0n) is 13.6. The van der Waals surface area contributed by atoms with Gasteiger partial charge >= 0.3 is 0 Å².